The molecule has 0 aliphatic carbocycles. The summed E-state index contributed by atoms with van der Waals surface area (Å²) in [6, 6.07) is 7.23. The number of hydrogen-bond donors (Lipinski definition) is 1. The van der Waals surface area contributed by atoms with E-state index in [9.17, 15) is 8.42 Å². The van der Waals surface area contributed by atoms with Crippen LogP contribution in [0.2, 0.25) is 0 Å². The van der Waals surface area contributed by atoms with E-state index in [0.717, 1.165) is 9.75 Å². The van der Waals surface area contributed by atoms with Crippen LogP contribution >= 0.6 is 22.7 Å². The molecule has 0 saturated carbocycles. The Hall–Kier alpha value is -0.690. The van der Waals surface area contributed by atoms with Gasteiger partial charge in [-0.1, -0.05) is 12.1 Å². The maximum absolute atomic E-state index is 11.5. The van der Waals surface area contributed by atoms with Gasteiger partial charge in [0.1, 0.15) is 5.25 Å². The molecule has 2 N–H and O–H groups in total. The summed E-state index contributed by atoms with van der Waals surface area (Å²) in [7, 11) is -3.59. The van der Waals surface area contributed by atoms with Crippen LogP contribution in [0.25, 0.3) is 0 Å². The fraction of sp³-hybridized carbons (Fsp3) is 0.111. The zero-order valence-corrected chi connectivity index (χ0v) is 10.1. The van der Waals surface area contributed by atoms with Crippen LogP contribution in [0.3, 0.4) is 0 Å². The predicted octanol–water partition coefficient (Wildman–Crippen LogP) is 2.19. The van der Waals surface area contributed by atoms with Gasteiger partial charge in [-0.15, -0.1) is 22.7 Å². The summed E-state index contributed by atoms with van der Waals surface area (Å²) in [5.74, 6) is 0. The molecule has 0 unspecified atom stereocenters. The first kappa shape index (κ1) is 10.8. The van der Waals surface area contributed by atoms with E-state index >= 15 is 0 Å². The van der Waals surface area contributed by atoms with Crippen molar-refractivity contribution in [3.63, 3.8) is 0 Å². The van der Waals surface area contributed by atoms with Crippen LogP contribution in [0.1, 0.15) is 15.0 Å². The lowest BCUT2D eigenvalue weighted by Gasteiger charge is -2.10. The fourth-order valence-corrected chi connectivity index (χ4v) is 4.81. The number of sulfonamides is 1. The number of thiophene rings is 2. The molecule has 2 rings (SSSR count). The standard InChI is InChI=1S/C9H9NO2S3/c10-15(11,12)9(7-3-1-5-13-7)8-4-2-6-14-8/h1-6,9H,(H2,10,11,12). The summed E-state index contributed by atoms with van der Waals surface area (Å²) < 4.78 is 23.0. The third-order valence-electron chi connectivity index (χ3n) is 1.93. The van der Waals surface area contributed by atoms with Crippen molar-refractivity contribution in [3.05, 3.63) is 44.8 Å². The highest BCUT2D eigenvalue weighted by Crippen LogP contribution is 2.34. The third-order valence-corrected chi connectivity index (χ3v) is 5.27. The Bertz CT molecular complexity index is 479. The van der Waals surface area contributed by atoms with Crippen LogP contribution in [0.15, 0.2) is 35.0 Å². The fourth-order valence-electron chi connectivity index (χ4n) is 1.34. The second-order valence-electron chi connectivity index (χ2n) is 3.00. The minimum absolute atomic E-state index is 0.711. The highest BCUT2D eigenvalue weighted by molar-refractivity contribution is 7.89. The lowest BCUT2D eigenvalue weighted by Crippen LogP contribution is -2.21. The Morgan fingerprint density at radius 2 is 1.53 bits per heavy atom. The van der Waals surface area contributed by atoms with Crippen LogP contribution in [0.4, 0.5) is 0 Å². The predicted molar refractivity (Wildman–Crippen MR) is 63.6 cm³/mol. The van der Waals surface area contributed by atoms with Crippen molar-refractivity contribution in [1.29, 1.82) is 0 Å². The van der Waals surface area contributed by atoms with Crippen molar-refractivity contribution < 1.29 is 8.42 Å². The molecular weight excluding hydrogens is 250 g/mol. The normalized spacial score (nSPS) is 12.1. The highest BCUT2D eigenvalue weighted by Gasteiger charge is 2.27. The topological polar surface area (TPSA) is 60.2 Å². The smallest absolute Gasteiger partial charge is 0.222 e. The molecule has 0 aliphatic heterocycles. The van der Waals surface area contributed by atoms with E-state index in [-0.39, 0.29) is 0 Å². The molecular formula is C9H9NO2S3. The molecule has 15 heavy (non-hydrogen) atoms. The van der Waals surface area contributed by atoms with Gasteiger partial charge in [0.05, 0.1) is 0 Å². The third kappa shape index (κ3) is 2.28. The van der Waals surface area contributed by atoms with Gasteiger partial charge in [0.25, 0.3) is 0 Å². The van der Waals surface area contributed by atoms with E-state index in [1.54, 1.807) is 12.1 Å². The van der Waals surface area contributed by atoms with Gasteiger partial charge in [0, 0.05) is 9.75 Å². The minimum atomic E-state index is -3.59. The average Bonchev–Trinajstić information content (AvgIpc) is 2.73. The molecule has 80 valence electrons. The Morgan fingerprint density at radius 1 is 1.07 bits per heavy atom. The minimum Gasteiger partial charge on any atom is -0.228 e. The van der Waals surface area contributed by atoms with E-state index in [1.165, 1.54) is 22.7 Å². The first-order valence-electron chi connectivity index (χ1n) is 4.17. The van der Waals surface area contributed by atoms with Crippen molar-refractivity contribution >= 4 is 32.7 Å². The molecule has 0 spiro atoms. The van der Waals surface area contributed by atoms with Gasteiger partial charge < -0.3 is 0 Å². The van der Waals surface area contributed by atoms with Gasteiger partial charge in [0.2, 0.25) is 10.0 Å². The monoisotopic (exact) mass is 259 g/mol. The van der Waals surface area contributed by atoms with Gasteiger partial charge in [-0.25, -0.2) is 13.6 Å². The molecule has 0 radical (unpaired) electrons. The van der Waals surface area contributed by atoms with Gasteiger partial charge in [0.15, 0.2) is 0 Å². The molecule has 0 bridgehead atoms. The number of nitrogens with two attached hydrogens (primary N) is 1. The first-order valence-corrected chi connectivity index (χ1v) is 7.54. The quantitative estimate of drug-likeness (QED) is 0.918. The van der Waals surface area contributed by atoms with Crippen molar-refractivity contribution in [2.75, 3.05) is 0 Å². The maximum atomic E-state index is 11.5. The van der Waals surface area contributed by atoms with Crippen LogP contribution in [0, 0.1) is 0 Å². The zero-order valence-electron chi connectivity index (χ0n) is 7.66. The number of hydrogen-bond acceptors (Lipinski definition) is 4. The lowest BCUT2D eigenvalue weighted by molar-refractivity contribution is 0.592. The summed E-state index contributed by atoms with van der Waals surface area (Å²) in [6.45, 7) is 0. The van der Waals surface area contributed by atoms with Crippen molar-refractivity contribution in [3.8, 4) is 0 Å². The molecule has 2 aromatic heterocycles. The van der Waals surface area contributed by atoms with Gasteiger partial charge >= 0.3 is 0 Å². The Kier molecular flexibility index (Phi) is 2.92. The van der Waals surface area contributed by atoms with E-state index in [1.807, 2.05) is 22.9 Å². The highest BCUT2D eigenvalue weighted by atomic mass is 32.2. The molecule has 6 heteroatoms. The maximum Gasteiger partial charge on any atom is 0.222 e. The Balaban J connectivity index is 2.52. The molecule has 2 aromatic rings. The Morgan fingerprint density at radius 3 is 1.80 bits per heavy atom. The molecule has 0 aliphatic rings. The van der Waals surface area contributed by atoms with E-state index in [2.05, 4.69) is 0 Å². The second-order valence-corrected chi connectivity index (χ2v) is 6.61. The summed E-state index contributed by atoms with van der Waals surface area (Å²) in [5, 5.41) is 8.23. The average molecular weight is 259 g/mol. The van der Waals surface area contributed by atoms with Crippen LogP contribution in [0.5, 0.6) is 0 Å². The van der Waals surface area contributed by atoms with Crippen molar-refractivity contribution in [2.45, 2.75) is 5.25 Å². The Labute approximate surface area is 96.2 Å². The van der Waals surface area contributed by atoms with E-state index < -0.39 is 15.3 Å². The SMILES string of the molecule is NS(=O)(=O)C(c1cccs1)c1cccs1. The lowest BCUT2D eigenvalue weighted by atomic mass is 10.3. The van der Waals surface area contributed by atoms with E-state index in [0.29, 0.717) is 0 Å². The van der Waals surface area contributed by atoms with Crippen LogP contribution in [-0.2, 0) is 10.0 Å². The summed E-state index contributed by atoms with van der Waals surface area (Å²) in [4.78, 5) is 1.53. The van der Waals surface area contributed by atoms with E-state index in [4.69, 9.17) is 5.14 Å². The molecule has 0 aromatic carbocycles. The summed E-state index contributed by atoms with van der Waals surface area (Å²) >= 11 is 2.81. The molecule has 3 nitrogen and oxygen atoms in total. The largest absolute Gasteiger partial charge is 0.228 e. The molecule has 2 heterocycles. The first-order chi connectivity index (χ1) is 7.09. The molecule has 0 atom stereocenters. The molecule has 0 fully saturated rings. The van der Waals surface area contributed by atoms with Crippen LogP contribution < -0.4 is 5.14 Å². The zero-order chi connectivity index (χ0) is 10.9. The van der Waals surface area contributed by atoms with Gasteiger partial charge in [-0.2, -0.15) is 0 Å². The summed E-state index contributed by atoms with van der Waals surface area (Å²) in [5.41, 5.74) is 0. The number of primary sulfonamides is 1. The molecule has 0 amide bonds. The second kappa shape index (κ2) is 4.05. The van der Waals surface area contributed by atoms with Crippen molar-refractivity contribution in [1.82, 2.24) is 0 Å². The molecule has 0 saturated heterocycles. The summed E-state index contributed by atoms with van der Waals surface area (Å²) in [6.07, 6.45) is 0. The van der Waals surface area contributed by atoms with Gasteiger partial charge in [-0.3, -0.25) is 0 Å². The van der Waals surface area contributed by atoms with Crippen molar-refractivity contribution in [2.24, 2.45) is 5.14 Å². The van der Waals surface area contributed by atoms with Crippen LogP contribution in [-0.4, -0.2) is 8.42 Å². The van der Waals surface area contributed by atoms with Gasteiger partial charge in [-0.05, 0) is 22.9 Å². The number of rotatable bonds is 3.